The van der Waals surface area contributed by atoms with Crippen LogP contribution in [0.1, 0.15) is 6.92 Å². The maximum absolute atomic E-state index is 14.6. The molecule has 30 heavy (non-hydrogen) atoms. The fourth-order valence-corrected chi connectivity index (χ4v) is 3.17. The minimum Gasteiger partial charge on any atom is -0.434 e. The van der Waals surface area contributed by atoms with Crippen LogP contribution in [0.15, 0.2) is 85.1 Å². The van der Waals surface area contributed by atoms with Crippen LogP contribution in [-0.2, 0) is 4.74 Å². The quantitative estimate of drug-likeness (QED) is 0.391. The first-order chi connectivity index (χ1) is 14.7. The van der Waals surface area contributed by atoms with Crippen molar-refractivity contribution in [2.45, 2.75) is 6.92 Å². The van der Waals surface area contributed by atoms with Gasteiger partial charge in [0.05, 0.1) is 18.5 Å². The van der Waals surface area contributed by atoms with E-state index in [4.69, 9.17) is 9.47 Å². The standard InChI is InChI=1S/C24H19FN2O3/c1-2-29-24(28)30-22-16-26-27(23(22)20-10-6-7-11-21(20)25)19-14-12-18(13-15-19)17-8-4-3-5-9-17/h3-16H,2H2,1H3. The van der Waals surface area contributed by atoms with Crippen molar-refractivity contribution >= 4 is 6.16 Å². The van der Waals surface area contributed by atoms with Gasteiger partial charge in [-0.25, -0.2) is 13.9 Å². The lowest BCUT2D eigenvalue weighted by atomic mass is 10.1. The molecule has 0 amide bonds. The second-order valence-corrected chi connectivity index (χ2v) is 6.45. The molecular formula is C24H19FN2O3. The summed E-state index contributed by atoms with van der Waals surface area (Å²) in [6.45, 7) is 1.85. The van der Waals surface area contributed by atoms with E-state index in [0.717, 1.165) is 11.1 Å². The third-order valence-corrected chi connectivity index (χ3v) is 4.54. The predicted molar refractivity (Wildman–Crippen MR) is 112 cm³/mol. The number of hydrogen-bond acceptors (Lipinski definition) is 4. The molecule has 0 saturated heterocycles. The second-order valence-electron chi connectivity index (χ2n) is 6.45. The fraction of sp³-hybridized carbons (Fsp3) is 0.0833. The van der Waals surface area contributed by atoms with E-state index in [1.165, 1.54) is 12.3 Å². The molecule has 0 radical (unpaired) electrons. The monoisotopic (exact) mass is 402 g/mol. The minimum absolute atomic E-state index is 0.116. The lowest BCUT2D eigenvalue weighted by molar-refractivity contribution is 0.104. The first-order valence-electron chi connectivity index (χ1n) is 9.50. The Morgan fingerprint density at radius 2 is 1.60 bits per heavy atom. The van der Waals surface area contributed by atoms with E-state index in [1.807, 2.05) is 54.6 Å². The molecule has 0 aliphatic carbocycles. The second kappa shape index (κ2) is 8.61. The molecule has 150 valence electrons. The Kier molecular flexibility index (Phi) is 5.57. The highest BCUT2D eigenvalue weighted by atomic mass is 19.1. The van der Waals surface area contributed by atoms with Crippen LogP contribution >= 0.6 is 0 Å². The van der Waals surface area contributed by atoms with Crippen molar-refractivity contribution < 1.29 is 18.7 Å². The van der Waals surface area contributed by atoms with E-state index >= 15 is 0 Å². The summed E-state index contributed by atoms with van der Waals surface area (Å²) in [5, 5.41) is 4.34. The third kappa shape index (κ3) is 3.93. The molecule has 4 rings (SSSR count). The average molecular weight is 402 g/mol. The van der Waals surface area contributed by atoms with E-state index in [-0.39, 0.29) is 17.9 Å². The van der Waals surface area contributed by atoms with E-state index < -0.39 is 12.0 Å². The Balaban J connectivity index is 1.77. The number of halogens is 1. The molecule has 0 N–H and O–H groups in total. The summed E-state index contributed by atoms with van der Waals surface area (Å²) < 4.78 is 26.3. The number of nitrogens with zero attached hydrogens (tertiary/aromatic N) is 2. The maximum Gasteiger partial charge on any atom is 0.513 e. The molecule has 1 heterocycles. The Hall–Kier alpha value is -3.93. The summed E-state index contributed by atoms with van der Waals surface area (Å²) in [7, 11) is 0. The van der Waals surface area contributed by atoms with Crippen LogP contribution in [0.25, 0.3) is 28.1 Å². The molecule has 0 aliphatic rings. The zero-order chi connectivity index (χ0) is 20.9. The lowest BCUT2D eigenvalue weighted by Gasteiger charge is -2.11. The van der Waals surface area contributed by atoms with Crippen molar-refractivity contribution in [3.05, 3.63) is 90.9 Å². The normalized spacial score (nSPS) is 10.6. The molecule has 0 spiro atoms. The topological polar surface area (TPSA) is 53.4 Å². The molecule has 3 aromatic carbocycles. The van der Waals surface area contributed by atoms with Gasteiger partial charge in [0, 0.05) is 5.56 Å². The van der Waals surface area contributed by atoms with Crippen LogP contribution in [0, 0.1) is 5.82 Å². The van der Waals surface area contributed by atoms with Crippen molar-refractivity contribution in [2.24, 2.45) is 0 Å². The summed E-state index contributed by atoms with van der Waals surface area (Å²) in [4.78, 5) is 11.9. The van der Waals surface area contributed by atoms with Gasteiger partial charge in [0.15, 0.2) is 5.75 Å². The smallest absolute Gasteiger partial charge is 0.434 e. The van der Waals surface area contributed by atoms with Crippen molar-refractivity contribution in [1.82, 2.24) is 9.78 Å². The third-order valence-electron chi connectivity index (χ3n) is 4.54. The van der Waals surface area contributed by atoms with Crippen LogP contribution in [0.5, 0.6) is 5.75 Å². The van der Waals surface area contributed by atoms with Crippen LogP contribution in [0.4, 0.5) is 9.18 Å². The maximum atomic E-state index is 14.6. The molecule has 4 aromatic rings. The Morgan fingerprint density at radius 1 is 0.933 bits per heavy atom. The van der Waals surface area contributed by atoms with Crippen LogP contribution in [0.2, 0.25) is 0 Å². The zero-order valence-electron chi connectivity index (χ0n) is 16.3. The van der Waals surface area contributed by atoms with E-state index in [0.29, 0.717) is 11.4 Å². The molecule has 6 heteroatoms. The Bertz CT molecular complexity index is 1150. The number of hydrogen-bond donors (Lipinski definition) is 0. The summed E-state index contributed by atoms with van der Waals surface area (Å²) >= 11 is 0. The first-order valence-corrected chi connectivity index (χ1v) is 9.50. The average Bonchev–Trinajstić information content (AvgIpc) is 3.18. The number of ether oxygens (including phenoxy) is 2. The van der Waals surface area contributed by atoms with Crippen LogP contribution in [-0.4, -0.2) is 22.5 Å². The Labute approximate surface area is 173 Å². The number of rotatable bonds is 5. The molecular weight excluding hydrogens is 383 g/mol. The van der Waals surface area contributed by atoms with Gasteiger partial charge in [-0.2, -0.15) is 5.10 Å². The van der Waals surface area contributed by atoms with E-state index in [2.05, 4.69) is 5.10 Å². The summed E-state index contributed by atoms with van der Waals surface area (Å²) in [5.74, 6) is -0.334. The first kappa shape index (κ1) is 19.4. The molecule has 0 atom stereocenters. The summed E-state index contributed by atoms with van der Waals surface area (Å²) in [6.07, 6.45) is 0.512. The Morgan fingerprint density at radius 3 is 2.30 bits per heavy atom. The van der Waals surface area contributed by atoms with Gasteiger partial charge in [0.2, 0.25) is 0 Å². The number of benzene rings is 3. The highest BCUT2D eigenvalue weighted by Gasteiger charge is 2.21. The molecule has 0 unspecified atom stereocenters. The fourth-order valence-electron chi connectivity index (χ4n) is 3.17. The minimum atomic E-state index is -0.867. The molecule has 0 saturated carbocycles. The van der Waals surface area contributed by atoms with E-state index in [1.54, 1.807) is 29.8 Å². The van der Waals surface area contributed by atoms with Gasteiger partial charge < -0.3 is 9.47 Å². The van der Waals surface area contributed by atoms with Gasteiger partial charge >= 0.3 is 6.16 Å². The number of carbonyl (C=O) groups excluding carboxylic acids is 1. The molecule has 1 aromatic heterocycles. The van der Waals surface area contributed by atoms with Gasteiger partial charge in [-0.1, -0.05) is 54.6 Å². The van der Waals surface area contributed by atoms with Crippen LogP contribution < -0.4 is 4.74 Å². The summed E-state index contributed by atoms with van der Waals surface area (Å²) in [5.41, 5.74) is 3.42. The molecule has 0 fully saturated rings. The van der Waals surface area contributed by atoms with Gasteiger partial charge in [0.1, 0.15) is 11.5 Å². The molecule has 0 aliphatic heterocycles. The highest BCUT2D eigenvalue weighted by Crippen LogP contribution is 2.34. The highest BCUT2D eigenvalue weighted by molar-refractivity contribution is 5.74. The van der Waals surface area contributed by atoms with E-state index in [9.17, 15) is 9.18 Å². The largest absolute Gasteiger partial charge is 0.513 e. The van der Waals surface area contributed by atoms with Crippen molar-refractivity contribution in [3.63, 3.8) is 0 Å². The molecule has 0 bridgehead atoms. The predicted octanol–water partition coefficient (Wildman–Crippen LogP) is 5.88. The van der Waals surface area contributed by atoms with Gasteiger partial charge in [-0.05, 0) is 42.3 Å². The van der Waals surface area contributed by atoms with Gasteiger partial charge in [-0.3, -0.25) is 0 Å². The van der Waals surface area contributed by atoms with Gasteiger partial charge in [0.25, 0.3) is 0 Å². The van der Waals surface area contributed by atoms with Crippen molar-refractivity contribution in [3.8, 4) is 33.8 Å². The summed E-state index contributed by atoms with van der Waals surface area (Å²) in [6, 6.07) is 23.9. The lowest BCUT2D eigenvalue weighted by Crippen LogP contribution is -2.10. The van der Waals surface area contributed by atoms with Crippen molar-refractivity contribution in [1.29, 1.82) is 0 Å². The van der Waals surface area contributed by atoms with Crippen LogP contribution in [0.3, 0.4) is 0 Å². The molecule has 5 nitrogen and oxygen atoms in total. The van der Waals surface area contributed by atoms with Crippen molar-refractivity contribution in [2.75, 3.05) is 6.61 Å². The number of aromatic nitrogens is 2. The number of carbonyl (C=O) groups is 1. The SMILES string of the molecule is CCOC(=O)Oc1cnn(-c2ccc(-c3ccccc3)cc2)c1-c1ccccc1F. The van der Waals surface area contributed by atoms with Gasteiger partial charge in [-0.15, -0.1) is 0 Å². The zero-order valence-corrected chi connectivity index (χ0v) is 16.3.